The number of hydrogen-bond donors (Lipinski definition) is 2. The van der Waals surface area contributed by atoms with Gasteiger partial charge in [0.2, 0.25) is 0 Å². The molecule has 3 N–H and O–H groups in total. The SMILES string of the molecule is CCCCCCNc1c(N)c(C)nn1C. The van der Waals surface area contributed by atoms with Gasteiger partial charge in [0.25, 0.3) is 0 Å². The molecule has 0 radical (unpaired) electrons. The molecule has 0 saturated heterocycles. The summed E-state index contributed by atoms with van der Waals surface area (Å²) in [6.07, 6.45) is 5.05. The monoisotopic (exact) mass is 210 g/mol. The van der Waals surface area contributed by atoms with E-state index in [1.807, 2.05) is 18.7 Å². The van der Waals surface area contributed by atoms with Crippen molar-refractivity contribution >= 4 is 11.5 Å². The Morgan fingerprint density at radius 2 is 2.07 bits per heavy atom. The lowest BCUT2D eigenvalue weighted by Gasteiger charge is -2.07. The fourth-order valence-corrected chi connectivity index (χ4v) is 1.64. The lowest BCUT2D eigenvalue weighted by atomic mass is 10.2. The molecule has 4 heteroatoms. The first-order valence-corrected chi connectivity index (χ1v) is 5.69. The van der Waals surface area contributed by atoms with E-state index in [0.29, 0.717) is 0 Å². The number of anilines is 2. The second-order valence-corrected chi connectivity index (χ2v) is 3.96. The van der Waals surface area contributed by atoms with Crippen LogP contribution in [0.15, 0.2) is 0 Å². The summed E-state index contributed by atoms with van der Waals surface area (Å²) in [5.74, 6) is 0.948. The van der Waals surface area contributed by atoms with E-state index in [4.69, 9.17) is 5.73 Å². The zero-order valence-electron chi connectivity index (χ0n) is 10.0. The molecular weight excluding hydrogens is 188 g/mol. The van der Waals surface area contributed by atoms with Crippen LogP contribution in [0.4, 0.5) is 11.5 Å². The van der Waals surface area contributed by atoms with Gasteiger partial charge in [-0.25, -0.2) is 0 Å². The highest BCUT2D eigenvalue weighted by Crippen LogP contribution is 2.20. The van der Waals surface area contributed by atoms with Crippen LogP contribution in [-0.2, 0) is 7.05 Å². The standard InChI is InChI=1S/C11H22N4/c1-4-5-6-7-8-13-11-10(12)9(2)14-15(11)3/h13H,4-8,12H2,1-3H3. The smallest absolute Gasteiger partial charge is 0.147 e. The molecule has 0 atom stereocenters. The maximum atomic E-state index is 5.90. The first-order chi connectivity index (χ1) is 7.16. The number of rotatable bonds is 6. The summed E-state index contributed by atoms with van der Waals surface area (Å²) in [4.78, 5) is 0. The highest BCUT2D eigenvalue weighted by Gasteiger charge is 2.08. The van der Waals surface area contributed by atoms with Crippen LogP contribution in [0.2, 0.25) is 0 Å². The summed E-state index contributed by atoms with van der Waals surface area (Å²) >= 11 is 0. The number of aryl methyl sites for hydroxylation is 2. The van der Waals surface area contributed by atoms with Crippen LogP contribution < -0.4 is 11.1 Å². The number of nitrogens with two attached hydrogens (primary N) is 1. The number of nitrogens with one attached hydrogen (secondary N) is 1. The van der Waals surface area contributed by atoms with Gasteiger partial charge in [-0.15, -0.1) is 0 Å². The van der Waals surface area contributed by atoms with Crippen molar-refractivity contribution in [3.8, 4) is 0 Å². The fourth-order valence-electron chi connectivity index (χ4n) is 1.64. The number of nitrogens with zero attached hydrogens (tertiary/aromatic N) is 2. The van der Waals surface area contributed by atoms with Crippen molar-refractivity contribution in [3.05, 3.63) is 5.69 Å². The van der Waals surface area contributed by atoms with Crippen LogP contribution in [0, 0.1) is 6.92 Å². The van der Waals surface area contributed by atoms with E-state index in [0.717, 1.165) is 23.7 Å². The zero-order valence-corrected chi connectivity index (χ0v) is 10.0. The molecule has 0 unspecified atom stereocenters. The van der Waals surface area contributed by atoms with Crippen molar-refractivity contribution in [3.63, 3.8) is 0 Å². The summed E-state index contributed by atoms with van der Waals surface area (Å²) in [5.41, 5.74) is 7.57. The highest BCUT2D eigenvalue weighted by molar-refractivity contribution is 5.64. The van der Waals surface area contributed by atoms with Crippen molar-refractivity contribution in [2.75, 3.05) is 17.6 Å². The van der Waals surface area contributed by atoms with Crippen LogP contribution in [-0.4, -0.2) is 16.3 Å². The Morgan fingerprint density at radius 1 is 1.33 bits per heavy atom. The number of unbranched alkanes of at least 4 members (excludes halogenated alkanes) is 3. The Morgan fingerprint density at radius 3 is 2.60 bits per heavy atom. The third kappa shape index (κ3) is 3.15. The lowest BCUT2D eigenvalue weighted by molar-refractivity contribution is 0.679. The average molecular weight is 210 g/mol. The Kier molecular flexibility index (Phi) is 4.46. The molecule has 1 rings (SSSR count). The van der Waals surface area contributed by atoms with E-state index in [9.17, 15) is 0 Å². The number of nitrogen functional groups attached to an aromatic ring is 1. The van der Waals surface area contributed by atoms with Crippen molar-refractivity contribution in [2.24, 2.45) is 7.05 Å². The average Bonchev–Trinajstić information content (AvgIpc) is 2.44. The van der Waals surface area contributed by atoms with Crippen molar-refractivity contribution in [1.82, 2.24) is 9.78 Å². The molecule has 0 fully saturated rings. The molecule has 0 aliphatic rings. The van der Waals surface area contributed by atoms with Crippen LogP contribution in [0.1, 0.15) is 38.3 Å². The Hall–Kier alpha value is -1.19. The van der Waals surface area contributed by atoms with Gasteiger partial charge in [0.05, 0.1) is 11.4 Å². The Bertz CT molecular complexity index is 304. The van der Waals surface area contributed by atoms with Gasteiger partial charge in [0.15, 0.2) is 0 Å². The zero-order chi connectivity index (χ0) is 11.3. The maximum absolute atomic E-state index is 5.90. The summed E-state index contributed by atoms with van der Waals surface area (Å²) in [6, 6.07) is 0. The highest BCUT2D eigenvalue weighted by atomic mass is 15.3. The molecule has 0 aliphatic carbocycles. The Labute approximate surface area is 91.8 Å². The molecule has 4 nitrogen and oxygen atoms in total. The molecule has 0 aliphatic heterocycles. The van der Waals surface area contributed by atoms with Gasteiger partial charge in [-0.2, -0.15) is 5.10 Å². The first kappa shape index (κ1) is 11.9. The van der Waals surface area contributed by atoms with Crippen LogP contribution in [0.3, 0.4) is 0 Å². The van der Waals surface area contributed by atoms with Crippen LogP contribution >= 0.6 is 0 Å². The van der Waals surface area contributed by atoms with Gasteiger partial charge in [-0.3, -0.25) is 4.68 Å². The summed E-state index contributed by atoms with van der Waals surface area (Å²) < 4.78 is 1.81. The summed E-state index contributed by atoms with van der Waals surface area (Å²) in [7, 11) is 1.91. The molecule has 0 amide bonds. The predicted molar refractivity (Wildman–Crippen MR) is 65.0 cm³/mol. The van der Waals surface area contributed by atoms with Crippen molar-refractivity contribution in [2.45, 2.75) is 39.5 Å². The molecule has 1 aromatic rings. The Balaban J connectivity index is 2.37. The lowest BCUT2D eigenvalue weighted by Crippen LogP contribution is -2.07. The minimum absolute atomic E-state index is 0.771. The topological polar surface area (TPSA) is 55.9 Å². The van der Waals surface area contributed by atoms with Gasteiger partial charge < -0.3 is 11.1 Å². The third-order valence-electron chi connectivity index (χ3n) is 2.59. The largest absolute Gasteiger partial charge is 0.394 e. The van der Waals surface area contributed by atoms with Crippen LogP contribution in [0.25, 0.3) is 0 Å². The van der Waals surface area contributed by atoms with E-state index >= 15 is 0 Å². The molecule has 0 bridgehead atoms. The summed E-state index contributed by atoms with van der Waals surface area (Å²) in [5, 5.41) is 7.59. The molecule has 0 aromatic carbocycles. The third-order valence-corrected chi connectivity index (χ3v) is 2.59. The minimum Gasteiger partial charge on any atom is -0.394 e. The quantitative estimate of drug-likeness (QED) is 0.708. The van der Waals surface area contributed by atoms with Gasteiger partial charge in [-0.05, 0) is 13.3 Å². The molecule has 0 spiro atoms. The van der Waals surface area contributed by atoms with E-state index in [-0.39, 0.29) is 0 Å². The van der Waals surface area contributed by atoms with Gasteiger partial charge in [0, 0.05) is 13.6 Å². The summed E-state index contributed by atoms with van der Waals surface area (Å²) in [6.45, 7) is 5.12. The van der Waals surface area contributed by atoms with E-state index in [1.54, 1.807) is 0 Å². The molecule has 1 aromatic heterocycles. The fraction of sp³-hybridized carbons (Fsp3) is 0.727. The van der Waals surface area contributed by atoms with Gasteiger partial charge in [-0.1, -0.05) is 26.2 Å². The predicted octanol–water partition coefficient (Wildman–Crippen LogP) is 2.30. The van der Waals surface area contributed by atoms with Crippen molar-refractivity contribution < 1.29 is 0 Å². The number of aromatic nitrogens is 2. The van der Waals surface area contributed by atoms with Gasteiger partial charge in [0.1, 0.15) is 5.82 Å². The van der Waals surface area contributed by atoms with E-state index < -0.39 is 0 Å². The van der Waals surface area contributed by atoms with E-state index in [1.165, 1.54) is 25.7 Å². The second kappa shape index (κ2) is 5.63. The van der Waals surface area contributed by atoms with Crippen LogP contribution in [0.5, 0.6) is 0 Å². The van der Waals surface area contributed by atoms with Gasteiger partial charge >= 0.3 is 0 Å². The normalized spacial score (nSPS) is 10.6. The molecule has 1 heterocycles. The van der Waals surface area contributed by atoms with Crippen molar-refractivity contribution in [1.29, 1.82) is 0 Å². The molecule has 15 heavy (non-hydrogen) atoms. The minimum atomic E-state index is 0.771. The van der Waals surface area contributed by atoms with E-state index in [2.05, 4.69) is 17.3 Å². The first-order valence-electron chi connectivity index (χ1n) is 5.69. The maximum Gasteiger partial charge on any atom is 0.147 e. The molecule has 86 valence electrons. The molecular formula is C11H22N4. The second-order valence-electron chi connectivity index (χ2n) is 3.96. The molecule has 0 saturated carbocycles. The number of hydrogen-bond acceptors (Lipinski definition) is 3.